The number of ether oxygens (including phenoxy) is 3. The van der Waals surface area contributed by atoms with E-state index in [0.29, 0.717) is 45.7 Å². The second-order valence-corrected chi connectivity index (χ2v) is 6.10. The van der Waals surface area contributed by atoms with Crippen LogP contribution in [0, 0.1) is 5.41 Å². The Balaban J connectivity index is 1.75. The van der Waals surface area contributed by atoms with Crippen LogP contribution in [0.1, 0.15) is 25.3 Å². The first-order valence-electron chi connectivity index (χ1n) is 8.14. The van der Waals surface area contributed by atoms with Crippen LogP contribution in [0.5, 0.6) is 11.5 Å². The van der Waals surface area contributed by atoms with E-state index in [1.54, 1.807) is 0 Å². The number of rotatable bonds is 5. The predicted octanol–water partition coefficient (Wildman–Crippen LogP) is 1.52. The minimum absolute atomic E-state index is 0.128. The normalized spacial score (nSPS) is 18.7. The molecule has 1 amide bonds. The maximum atomic E-state index is 13.1. The fourth-order valence-corrected chi connectivity index (χ4v) is 3.19. The van der Waals surface area contributed by atoms with E-state index >= 15 is 0 Å². The number of carbonyl (C=O) groups excluding carboxylic acids is 1. The van der Waals surface area contributed by atoms with Crippen molar-refractivity contribution >= 4 is 5.91 Å². The van der Waals surface area contributed by atoms with Crippen LogP contribution in [0.25, 0.3) is 0 Å². The molecule has 2 aliphatic heterocycles. The third-order valence-corrected chi connectivity index (χ3v) is 4.77. The number of carbonyl (C=O) groups is 1. The molecule has 6 nitrogen and oxygen atoms in total. The summed E-state index contributed by atoms with van der Waals surface area (Å²) in [6.45, 7) is 5.02. The molecule has 23 heavy (non-hydrogen) atoms. The highest BCUT2D eigenvalue weighted by Crippen LogP contribution is 2.34. The molecule has 0 spiro atoms. The Kier molecular flexibility index (Phi) is 4.73. The van der Waals surface area contributed by atoms with Crippen LogP contribution >= 0.6 is 0 Å². The van der Waals surface area contributed by atoms with Gasteiger partial charge in [-0.15, -0.1) is 0 Å². The molecule has 1 fully saturated rings. The molecule has 1 saturated heterocycles. The SMILES string of the molecule is CCN(Cc1ccc2c(c1)OCO2)C(=O)C1(CN)CCOCC1. The first kappa shape index (κ1) is 16.1. The van der Waals surface area contributed by atoms with Gasteiger partial charge in [-0.1, -0.05) is 6.07 Å². The fourth-order valence-electron chi connectivity index (χ4n) is 3.19. The zero-order valence-electron chi connectivity index (χ0n) is 13.5. The van der Waals surface area contributed by atoms with Crippen molar-refractivity contribution in [2.75, 3.05) is 33.1 Å². The molecule has 6 heteroatoms. The van der Waals surface area contributed by atoms with Gasteiger partial charge in [-0.2, -0.15) is 0 Å². The third-order valence-electron chi connectivity index (χ3n) is 4.77. The number of fused-ring (bicyclic) bond motifs is 1. The number of hydrogen-bond donors (Lipinski definition) is 1. The van der Waals surface area contributed by atoms with Crippen molar-refractivity contribution in [2.24, 2.45) is 11.1 Å². The lowest BCUT2D eigenvalue weighted by Crippen LogP contribution is -2.50. The zero-order chi connectivity index (χ0) is 16.3. The van der Waals surface area contributed by atoms with Gasteiger partial charge in [0.05, 0.1) is 5.41 Å². The van der Waals surface area contributed by atoms with E-state index in [9.17, 15) is 4.79 Å². The average Bonchev–Trinajstić information content (AvgIpc) is 3.07. The summed E-state index contributed by atoms with van der Waals surface area (Å²) in [4.78, 5) is 14.9. The molecule has 0 aromatic heterocycles. The molecule has 3 rings (SSSR count). The zero-order valence-corrected chi connectivity index (χ0v) is 13.5. The van der Waals surface area contributed by atoms with Crippen molar-refractivity contribution in [2.45, 2.75) is 26.3 Å². The summed E-state index contributed by atoms with van der Waals surface area (Å²) in [5.74, 6) is 1.63. The highest BCUT2D eigenvalue weighted by atomic mass is 16.7. The quantitative estimate of drug-likeness (QED) is 0.890. The number of hydrogen-bond acceptors (Lipinski definition) is 5. The van der Waals surface area contributed by atoms with Gasteiger partial charge in [0.15, 0.2) is 11.5 Å². The van der Waals surface area contributed by atoms with E-state index in [1.165, 1.54) is 0 Å². The lowest BCUT2D eigenvalue weighted by molar-refractivity contribution is -0.147. The Morgan fingerprint density at radius 1 is 1.26 bits per heavy atom. The minimum atomic E-state index is -0.482. The second kappa shape index (κ2) is 6.76. The molecular formula is C17H24N2O4. The fraction of sp³-hybridized carbons (Fsp3) is 0.588. The first-order valence-corrected chi connectivity index (χ1v) is 8.14. The van der Waals surface area contributed by atoms with E-state index in [4.69, 9.17) is 19.9 Å². The van der Waals surface area contributed by atoms with Crippen LogP contribution in [0.4, 0.5) is 0 Å². The Bertz CT molecular complexity index is 570. The number of benzene rings is 1. The van der Waals surface area contributed by atoms with Crippen LogP contribution in [-0.2, 0) is 16.1 Å². The molecule has 0 radical (unpaired) electrons. The molecular weight excluding hydrogens is 296 g/mol. The van der Waals surface area contributed by atoms with E-state index in [-0.39, 0.29) is 12.7 Å². The lowest BCUT2D eigenvalue weighted by Gasteiger charge is -2.38. The van der Waals surface area contributed by atoms with Crippen LogP contribution in [0.2, 0.25) is 0 Å². The molecule has 0 unspecified atom stereocenters. The summed E-state index contributed by atoms with van der Waals surface area (Å²) < 4.78 is 16.1. The molecule has 0 atom stereocenters. The van der Waals surface area contributed by atoms with Gasteiger partial charge < -0.3 is 24.8 Å². The highest BCUT2D eigenvalue weighted by molar-refractivity contribution is 5.83. The van der Waals surface area contributed by atoms with Gasteiger partial charge in [0.2, 0.25) is 12.7 Å². The maximum Gasteiger partial charge on any atom is 0.231 e. The minimum Gasteiger partial charge on any atom is -0.454 e. The van der Waals surface area contributed by atoms with Crippen LogP contribution in [0.3, 0.4) is 0 Å². The average molecular weight is 320 g/mol. The summed E-state index contributed by atoms with van der Waals surface area (Å²) in [6.07, 6.45) is 1.39. The molecule has 0 bridgehead atoms. The predicted molar refractivity (Wildman–Crippen MR) is 85.2 cm³/mol. The Labute approximate surface area is 136 Å². The van der Waals surface area contributed by atoms with Crippen molar-refractivity contribution in [3.8, 4) is 11.5 Å². The highest BCUT2D eigenvalue weighted by Gasteiger charge is 2.41. The van der Waals surface area contributed by atoms with Crippen molar-refractivity contribution in [1.82, 2.24) is 4.90 Å². The van der Waals surface area contributed by atoms with Crippen molar-refractivity contribution < 1.29 is 19.0 Å². The largest absolute Gasteiger partial charge is 0.454 e. The molecule has 1 aromatic carbocycles. The topological polar surface area (TPSA) is 74.0 Å². The molecule has 0 aliphatic carbocycles. The first-order chi connectivity index (χ1) is 11.2. The van der Waals surface area contributed by atoms with Gasteiger partial charge in [0.1, 0.15) is 0 Å². The second-order valence-electron chi connectivity index (χ2n) is 6.10. The van der Waals surface area contributed by atoms with Gasteiger partial charge >= 0.3 is 0 Å². The lowest BCUT2D eigenvalue weighted by atomic mass is 9.78. The van der Waals surface area contributed by atoms with Gasteiger partial charge in [0.25, 0.3) is 0 Å². The smallest absolute Gasteiger partial charge is 0.231 e. The molecule has 2 heterocycles. The number of amides is 1. The Morgan fingerprint density at radius 3 is 2.70 bits per heavy atom. The third kappa shape index (κ3) is 3.14. The van der Waals surface area contributed by atoms with Crippen molar-refractivity contribution in [3.63, 3.8) is 0 Å². The summed E-state index contributed by atoms with van der Waals surface area (Å²) >= 11 is 0. The Morgan fingerprint density at radius 2 is 2.00 bits per heavy atom. The summed E-state index contributed by atoms with van der Waals surface area (Å²) in [5, 5.41) is 0. The molecule has 2 N–H and O–H groups in total. The van der Waals surface area contributed by atoms with E-state index in [0.717, 1.165) is 17.1 Å². The van der Waals surface area contributed by atoms with E-state index in [2.05, 4.69) is 0 Å². The summed E-state index contributed by atoms with van der Waals surface area (Å²) in [5.41, 5.74) is 6.51. The van der Waals surface area contributed by atoms with Crippen molar-refractivity contribution in [3.05, 3.63) is 23.8 Å². The monoisotopic (exact) mass is 320 g/mol. The molecule has 126 valence electrons. The van der Waals surface area contributed by atoms with Crippen LogP contribution in [0.15, 0.2) is 18.2 Å². The maximum absolute atomic E-state index is 13.1. The van der Waals surface area contributed by atoms with Gasteiger partial charge in [-0.3, -0.25) is 4.79 Å². The van der Waals surface area contributed by atoms with Crippen molar-refractivity contribution in [1.29, 1.82) is 0 Å². The van der Waals surface area contributed by atoms with Gasteiger partial charge in [-0.05, 0) is 37.5 Å². The molecule has 1 aromatic rings. The van der Waals surface area contributed by atoms with E-state index in [1.807, 2.05) is 30.0 Å². The summed E-state index contributed by atoms with van der Waals surface area (Å²) in [6, 6.07) is 5.81. The Hall–Kier alpha value is -1.79. The standard InChI is InChI=1S/C17H24N2O4/c1-2-19(16(20)17(11-18)5-7-21-8-6-17)10-13-3-4-14-15(9-13)23-12-22-14/h3-4,9H,2,5-8,10-12,18H2,1H3. The van der Waals surface area contributed by atoms with Gasteiger partial charge in [-0.25, -0.2) is 0 Å². The summed E-state index contributed by atoms with van der Waals surface area (Å²) in [7, 11) is 0. The van der Waals surface area contributed by atoms with E-state index < -0.39 is 5.41 Å². The van der Waals surface area contributed by atoms with Crippen LogP contribution in [-0.4, -0.2) is 43.9 Å². The molecule has 0 saturated carbocycles. The number of nitrogens with zero attached hydrogens (tertiary/aromatic N) is 1. The van der Waals surface area contributed by atoms with Crippen LogP contribution < -0.4 is 15.2 Å². The number of nitrogens with two attached hydrogens (primary N) is 1. The van der Waals surface area contributed by atoms with Gasteiger partial charge in [0, 0.05) is 32.8 Å². The molecule has 2 aliphatic rings.